The van der Waals surface area contributed by atoms with E-state index in [1.807, 2.05) is 38.2 Å². The molecule has 1 aliphatic carbocycles. The van der Waals surface area contributed by atoms with Crippen molar-refractivity contribution >= 4 is 35.5 Å². The number of pyridine rings is 1. The zero-order chi connectivity index (χ0) is 27.1. The number of aldehydes is 1. The Morgan fingerprint density at radius 3 is 2.47 bits per heavy atom. The van der Waals surface area contributed by atoms with Gasteiger partial charge in [0.1, 0.15) is 17.9 Å². The first-order valence-electron chi connectivity index (χ1n) is 11.8. The van der Waals surface area contributed by atoms with E-state index in [4.69, 9.17) is 9.59 Å². The predicted molar refractivity (Wildman–Crippen MR) is 148 cm³/mol. The summed E-state index contributed by atoms with van der Waals surface area (Å²) in [6.07, 6.45) is 10.1. The van der Waals surface area contributed by atoms with E-state index in [9.17, 15) is 4.39 Å². The molecule has 0 atom stereocenters. The molecule has 0 spiro atoms. The summed E-state index contributed by atoms with van der Waals surface area (Å²) in [6.45, 7) is 10.4. The summed E-state index contributed by atoms with van der Waals surface area (Å²) in [5.41, 5.74) is 9.59. The van der Waals surface area contributed by atoms with E-state index in [0.29, 0.717) is 11.1 Å². The number of aromatic nitrogens is 1. The largest absolute Gasteiger partial charge is 0.383 e. The number of rotatable bonds is 9. The minimum absolute atomic E-state index is 0.224. The second kappa shape index (κ2) is 15.2. The second-order valence-electron chi connectivity index (χ2n) is 8.60. The average Bonchev–Trinajstić information content (AvgIpc) is 3.59. The lowest BCUT2D eigenvalue weighted by Gasteiger charge is -2.15. The van der Waals surface area contributed by atoms with Gasteiger partial charge < -0.3 is 21.2 Å². The summed E-state index contributed by atoms with van der Waals surface area (Å²) in [5, 5.41) is 6.33. The third-order valence-corrected chi connectivity index (χ3v) is 5.84. The molecule has 8 heteroatoms. The maximum absolute atomic E-state index is 14.6. The molecule has 0 unspecified atom stereocenters. The lowest BCUT2D eigenvalue weighted by molar-refractivity contribution is -0.107. The number of halogens is 1. The minimum Gasteiger partial charge on any atom is -0.383 e. The number of primary amides is 1. The number of nitrogens with two attached hydrogens (primary N) is 1. The molecular formula is C28H38FN5O2. The smallest absolute Gasteiger partial charge is 0.204 e. The molecule has 0 saturated heterocycles. The van der Waals surface area contributed by atoms with E-state index in [1.54, 1.807) is 25.4 Å². The maximum atomic E-state index is 14.6. The molecule has 1 amide bonds. The second-order valence-corrected chi connectivity index (χ2v) is 8.60. The number of aliphatic imine (C=N–C) groups is 1. The molecule has 36 heavy (non-hydrogen) atoms. The van der Waals surface area contributed by atoms with Crippen LogP contribution in [0.25, 0.3) is 5.57 Å². The van der Waals surface area contributed by atoms with Gasteiger partial charge in [0.15, 0.2) is 0 Å². The number of anilines is 2. The van der Waals surface area contributed by atoms with Crippen LogP contribution in [0, 0.1) is 18.2 Å². The molecule has 4 N–H and O–H groups in total. The van der Waals surface area contributed by atoms with Crippen LogP contribution in [0.15, 0.2) is 54.2 Å². The first kappa shape index (κ1) is 30.2. The maximum Gasteiger partial charge on any atom is 0.204 e. The van der Waals surface area contributed by atoms with Crippen LogP contribution < -0.4 is 16.4 Å². The van der Waals surface area contributed by atoms with Crippen LogP contribution in [0.1, 0.15) is 49.8 Å². The van der Waals surface area contributed by atoms with Crippen LogP contribution >= 0.6 is 0 Å². The third-order valence-electron chi connectivity index (χ3n) is 5.84. The van der Waals surface area contributed by atoms with Gasteiger partial charge in [-0.25, -0.2) is 9.37 Å². The zero-order valence-electron chi connectivity index (χ0n) is 21.9. The summed E-state index contributed by atoms with van der Waals surface area (Å²) < 4.78 is 14.6. The van der Waals surface area contributed by atoms with Gasteiger partial charge in [-0.05, 0) is 85.6 Å². The van der Waals surface area contributed by atoms with Gasteiger partial charge in [0.2, 0.25) is 6.41 Å². The molecule has 2 aromatic rings. The highest BCUT2D eigenvalue weighted by molar-refractivity contribution is 6.13. The molecule has 3 rings (SSSR count). The number of hydrogen-bond acceptors (Lipinski definition) is 6. The Labute approximate surface area is 213 Å². The number of nitrogens with zero attached hydrogens (tertiary/aromatic N) is 2. The van der Waals surface area contributed by atoms with Crippen molar-refractivity contribution in [1.82, 2.24) is 4.98 Å². The van der Waals surface area contributed by atoms with Crippen molar-refractivity contribution in [3.63, 3.8) is 0 Å². The fourth-order valence-electron chi connectivity index (χ4n) is 3.48. The summed E-state index contributed by atoms with van der Waals surface area (Å²) in [6, 6.07) is 7.33. The van der Waals surface area contributed by atoms with E-state index < -0.39 is 0 Å². The van der Waals surface area contributed by atoms with Gasteiger partial charge in [-0.15, -0.1) is 0 Å². The van der Waals surface area contributed by atoms with Gasteiger partial charge in [0, 0.05) is 32.4 Å². The molecule has 0 radical (unpaired) electrons. The normalized spacial score (nSPS) is 13.7. The third kappa shape index (κ3) is 9.44. The van der Waals surface area contributed by atoms with Gasteiger partial charge in [-0.2, -0.15) is 0 Å². The Morgan fingerprint density at radius 1 is 1.31 bits per heavy atom. The van der Waals surface area contributed by atoms with Gasteiger partial charge >= 0.3 is 0 Å². The molecular weight excluding hydrogens is 457 g/mol. The number of allylic oxidation sites excluding steroid dienone is 3. The standard InChI is InChI=1S/C25H31FN4.C2H4O.CH3NO/c1-6-18(14-22(27-4)19-7-11-30-24(15-19)28-5)20-16-23(21(26)13-17(20)2)29-12-10-25(3)8-9-25;1-2-3;2-1-3/h6-7,11,13-16,29H,1,8-10,12H2,2-5H3,(H,28,30);2H,1H3;1H,(H2,2,3)/b18-14+,27-22?;;. The quantitative estimate of drug-likeness (QED) is 0.253. The van der Waals surface area contributed by atoms with Crippen molar-refractivity contribution in [1.29, 1.82) is 0 Å². The van der Waals surface area contributed by atoms with Crippen molar-refractivity contribution in [3.05, 3.63) is 71.7 Å². The van der Waals surface area contributed by atoms with Crippen LogP contribution in [0.2, 0.25) is 0 Å². The first-order chi connectivity index (χ1) is 17.2. The summed E-state index contributed by atoms with van der Waals surface area (Å²) in [7, 11) is 3.59. The van der Waals surface area contributed by atoms with Crippen molar-refractivity contribution in [2.24, 2.45) is 16.1 Å². The molecule has 1 aromatic heterocycles. The van der Waals surface area contributed by atoms with Crippen molar-refractivity contribution in [2.45, 2.75) is 40.0 Å². The number of nitrogens with one attached hydrogen (secondary N) is 2. The van der Waals surface area contributed by atoms with Crippen LogP contribution in [0.4, 0.5) is 15.9 Å². The number of hydrogen-bond donors (Lipinski definition) is 3. The molecule has 1 saturated carbocycles. The van der Waals surface area contributed by atoms with E-state index in [0.717, 1.165) is 53.0 Å². The lowest BCUT2D eigenvalue weighted by Crippen LogP contribution is -2.09. The Bertz CT molecular complexity index is 1090. The van der Waals surface area contributed by atoms with Crippen LogP contribution in [0.5, 0.6) is 0 Å². The molecule has 1 fully saturated rings. The van der Waals surface area contributed by atoms with E-state index >= 15 is 0 Å². The first-order valence-corrected chi connectivity index (χ1v) is 11.8. The van der Waals surface area contributed by atoms with Crippen molar-refractivity contribution in [3.8, 4) is 0 Å². The fourth-order valence-corrected chi connectivity index (χ4v) is 3.48. The van der Waals surface area contributed by atoms with Gasteiger partial charge in [-0.1, -0.05) is 19.6 Å². The van der Waals surface area contributed by atoms with Crippen molar-refractivity contribution in [2.75, 3.05) is 31.3 Å². The van der Waals surface area contributed by atoms with E-state index in [1.165, 1.54) is 19.8 Å². The van der Waals surface area contributed by atoms with Crippen LogP contribution in [0.3, 0.4) is 0 Å². The van der Waals surface area contributed by atoms with E-state index in [-0.39, 0.29) is 12.2 Å². The number of carbonyl (C=O) groups excluding carboxylic acids is 2. The van der Waals surface area contributed by atoms with Crippen LogP contribution in [-0.2, 0) is 9.59 Å². The highest BCUT2D eigenvalue weighted by Gasteiger charge is 2.36. The van der Waals surface area contributed by atoms with Crippen LogP contribution in [-0.4, -0.2) is 44.0 Å². The number of aryl methyl sites for hydroxylation is 1. The Hall–Kier alpha value is -3.81. The molecule has 1 aliphatic rings. The summed E-state index contributed by atoms with van der Waals surface area (Å²) >= 11 is 0. The summed E-state index contributed by atoms with van der Waals surface area (Å²) in [5.74, 6) is 0.550. The topological polar surface area (TPSA) is 109 Å². The number of benzene rings is 1. The SMILES string of the molecule is C=C/C(=C\C(=NC)c1ccnc(NC)c1)c1cc(NCCC2(C)CC2)c(F)cc1C.CC=O.NC=O. The van der Waals surface area contributed by atoms with Crippen molar-refractivity contribution < 1.29 is 14.0 Å². The highest BCUT2D eigenvalue weighted by atomic mass is 19.1. The summed E-state index contributed by atoms with van der Waals surface area (Å²) in [4.78, 5) is 26.1. The number of amides is 1. The predicted octanol–water partition coefficient (Wildman–Crippen LogP) is 5.17. The average molecular weight is 496 g/mol. The fraction of sp³-hybridized carbons (Fsp3) is 0.357. The molecule has 0 aliphatic heterocycles. The number of carbonyl (C=O) groups is 2. The zero-order valence-corrected chi connectivity index (χ0v) is 21.9. The molecule has 0 bridgehead atoms. The van der Waals surface area contributed by atoms with E-state index in [2.05, 4.69) is 39.8 Å². The Balaban J connectivity index is 0.000000982. The monoisotopic (exact) mass is 495 g/mol. The Morgan fingerprint density at radius 2 is 1.94 bits per heavy atom. The Kier molecular flexibility index (Phi) is 12.8. The van der Waals surface area contributed by atoms with Gasteiger partial charge in [-0.3, -0.25) is 9.79 Å². The lowest BCUT2D eigenvalue weighted by atomic mass is 9.96. The molecule has 1 heterocycles. The minimum atomic E-state index is -0.224. The molecule has 7 nitrogen and oxygen atoms in total. The molecule has 194 valence electrons. The highest BCUT2D eigenvalue weighted by Crippen LogP contribution is 2.47. The van der Waals surface area contributed by atoms with Gasteiger partial charge in [0.05, 0.1) is 11.4 Å². The molecule has 1 aromatic carbocycles. The van der Waals surface area contributed by atoms with Gasteiger partial charge in [0.25, 0.3) is 0 Å².